The third kappa shape index (κ3) is 0.808. The van der Waals surface area contributed by atoms with Gasteiger partial charge in [0.15, 0.2) is 6.29 Å². The molecule has 0 amide bonds. The van der Waals surface area contributed by atoms with Gasteiger partial charge in [-0.25, -0.2) is 0 Å². The number of aliphatic hydroxyl groups is 1. The Hall–Kier alpha value is -0.120. The molecule has 74 valence electrons. The van der Waals surface area contributed by atoms with Gasteiger partial charge >= 0.3 is 0 Å². The Bertz CT molecular complexity index is 228. The molecule has 1 saturated heterocycles. The molecule has 7 atom stereocenters. The summed E-state index contributed by atoms with van der Waals surface area (Å²) in [7, 11) is 1.70. The standard InChI is InChI=1S/C10H16O3/c1-4-5-3-6-7(4)10(12-2)13-9(6)8(5)11/h4-11H,3H2,1-2H3/t4?,5?,6?,7?,8?,9?,10-/m0/s1. The second kappa shape index (κ2) is 2.47. The smallest absolute Gasteiger partial charge is 0.161 e. The van der Waals surface area contributed by atoms with Crippen molar-refractivity contribution in [2.24, 2.45) is 23.7 Å². The average molecular weight is 184 g/mol. The van der Waals surface area contributed by atoms with E-state index in [4.69, 9.17) is 9.47 Å². The lowest BCUT2D eigenvalue weighted by molar-refractivity contribution is -0.141. The van der Waals surface area contributed by atoms with Crippen molar-refractivity contribution in [1.29, 1.82) is 0 Å². The normalized spacial score (nSPS) is 63.5. The summed E-state index contributed by atoms with van der Waals surface area (Å²) < 4.78 is 11.0. The molecular formula is C10H16O3. The quantitative estimate of drug-likeness (QED) is 0.649. The molecule has 0 radical (unpaired) electrons. The lowest BCUT2D eigenvalue weighted by Gasteiger charge is -2.27. The van der Waals surface area contributed by atoms with Crippen LogP contribution in [0.2, 0.25) is 0 Å². The summed E-state index contributed by atoms with van der Waals surface area (Å²) in [5.74, 6) is 2.10. The van der Waals surface area contributed by atoms with Crippen molar-refractivity contribution in [3.05, 3.63) is 0 Å². The minimum atomic E-state index is -0.239. The summed E-state index contributed by atoms with van der Waals surface area (Å²) in [5.41, 5.74) is 0. The molecule has 1 heterocycles. The fourth-order valence-corrected chi connectivity index (χ4v) is 3.75. The Morgan fingerprint density at radius 1 is 1.38 bits per heavy atom. The molecule has 2 saturated carbocycles. The number of ether oxygens (including phenoxy) is 2. The molecule has 13 heavy (non-hydrogen) atoms. The molecule has 0 aromatic carbocycles. The van der Waals surface area contributed by atoms with Gasteiger partial charge in [-0.05, 0) is 24.2 Å². The van der Waals surface area contributed by atoms with Crippen LogP contribution in [-0.4, -0.2) is 30.7 Å². The van der Waals surface area contributed by atoms with Crippen LogP contribution >= 0.6 is 0 Å². The SMILES string of the molecule is CO[C@H]1OC2C(O)C3CC2C1C3C. The molecule has 3 rings (SSSR count). The monoisotopic (exact) mass is 184 g/mol. The van der Waals surface area contributed by atoms with Crippen LogP contribution in [0.4, 0.5) is 0 Å². The van der Waals surface area contributed by atoms with Gasteiger partial charge in [-0.15, -0.1) is 0 Å². The average Bonchev–Trinajstić information content (AvgIpc) is 2.68. The number of fused-ring (bicyclic) bond motifs is 1. The Balaban J connectivity index is 1.95. The first-order valence-electron chi connectivity index (χ1n) is 5.10. The Kier molecular flexibility index (Phi) is 1.56. The van der Waals surface area contributed by atoms with E-state index >= 15 is 0 Å². The van der Waals surface area contributed by atoms with E-state index in [0.29, 0.717) is 23.7 Å². The van der Waals surface area contributed by atoms with E-state index in [2.05, 4.69) is 6.92 Å². The van der Waals surface area contributed by atoms with Crippen LogP contribution in [0, 0.1) is 23.7 Å². The van der Waals surface area contributed by atoms with Crippen LogP contribution < -0.4 is 0 Å². The molecule has 0 aromatic heterocycles. The van der Waals surface area contributed by atoms with Gasteiger partial charge in [-0.1, -0.05) is 6.92 Å². The molecule has 3 aliphatic rings. The van der Waals surface area contributed by atoms with Gasteiger partial charge in [0.25, 0.3) is 0 Å². The van der Waals surface area contributed by atoms with Crippen molar-refractivity contribution in [2.45, 2.75) is 31.8 Å². The molecule has 3 nitrogen and oxygen atoms in total. The third-order valence-electron chi connectivity index (χ3n) is 4.36. The summed E-state index contributed by atoms with van der Waals surface area (Å²) in [4.78, 5) is 0. The number of rotatable bonds is 1. The van der Waals surface area contributed by atoms with E-state index in [1.165, 1.54) is 0 Å². The Morgan fingerprint density at radius 3 is 2.77 bits per heavy atom. The summed E-state index contributed by atoms with van der Waals surface area (Å²) in [6, 6.07) is 0. The van der Waals surface area contributed by atoms with Gasteiger partial charge in [0.05, 0.1) is 12.2 Å². The van der Waals surface area contributed by atoms with E-state index in [9.17, 15) is 5.11 Å². The van der Waals surface area contributed by atoms with Crippen LogP contribution in [-0.2, 0) is 9.47 Å². The lowest BCUT2D eigenvalue weighted by Crippen LogP contribution is -2.36. The highest BCUT2D eigenvalue weighted by molar-refractivity contribution is 5.09. The van der Waals surface area contributed by atoms with E-state index < -0.39 is 0 Å². The molecular weight excluding hydrogens is 168 g/mol. The van der Waals surface area contributed by atoms with Crippen LogP contribution in [0.5, 0.6) is 0 Å². The highest BCUT2D eigenvalue weighted by Crippen LogP contribution is 2.59. The fourth-order valence-electron chi connectivity index (χ4n) is 3.75. The minimum Gasteiger partial charge on any atom is -0.390 e. The van der Waals surface area contributed by atoms with Gasteiger partial charge in [0.1, 0.15) is 0 Å². The van der Waals surface area contributed by atoms with Gasteiger partial charge in [0, 0.05) is 13.0 Å². The molecule has 0 spiro atoms. The second-order valence-electron chi connectivity index (χ2n) is 4.70. The number of hydrogen-bond donors (Lipinski definition) is 1. The lowest BCUT2D eigenvalue weighted by atomic mass is 9.79. The molecule has 2 bridgehead atoms. The van der Waals surface area contributed by atoms with E-state index in [1.54, 1.807) is 7.11 Å². The molecule has 0 aromatic rings. The predicted octanol–water partition coefficient (Wildman–Crippen LogP) is 0.621. The van der Waals surface area contributed by atoms with Crippen molar-refractivity contribution in [1.82, 2.24) is 0 Å². The van der Waals surface area contributed by atoms with Gasteiger partial charge in [-0.3, -0.25) is 0 Å². The maximum Gasteiger partial charge on any atom is 0.161 e. The van der Waals surface area contributed by atoms with Crippen LogP contribution in [0.1, 0.15) is 13.3 Å². The molecule has 1 aliphatic heterocycles. The highest BCUT2D eigenvalue weighted by atomic mass is 16.7. The van der Waals surface area contributed by atoms with Crippen molar-refractivity contribution in [2.75, 3.05) is 7.11 Å². The summed E-state index contributed by atoms with van der Waals surface area (Å²) >= 11 is 0. The maximum absolute atomic E-state index is 9.91. The van der Waals surface area contributed by atoms with Crippen LogP contribution in [0.25, 0.3) is 0 Å². The number of hydrogen-bond acceptors (Lipinski definition) is 3. The first-order valence-corrected chi connectivity index (χ1v) is 5.10. The summed E-state index contributed by atoms with van der Waals surface area (Å²) in [5, 5.41) is 9.91. The van der Waals surface area contributed by atoms with E-state index in [0.717, 1.165) is 6.42 Å². The molecule has 3 heteroatoms. The first kappa shape index (κ1) is 8.21. The highest BCUT2D eigenvalue weighted by Gasteiger charge is 2.64. The zero-order valence-corrected chi connectivity index (χ0v) is 8.01. The second-order valence-corrected chi connectivity index (χ2v) is 4.70. The first-order chi connectivity index (χ1) is 6.24. The predicted molar refractivity (Wildman–Crippen MR) is 45.9 cm³/mol. The minimum absolute atomic E-state index is 0.0628. The molecule has 1 N–H and O–H groups in total. The Morgan fingerprint density at radius 2 is 2.15 bits per heavy atom. The topological polar surface area (TPSA) is 38.7 Å². The summed E-state index contributed by atoms with van der Waals surface area (Å²) in [6.07, 6.45) is 0.900. The van der Waals surface area contributed by atoms with E-state index in [-0.39, 0.29) is 18.5 Å². The largest absolute Gasteiger partial charge is 0.390 e. The zero-order chi connectivity index (χ0) is 9.16. The van der Waals surface area contributed by atoms with Gasteiger partial charge < -0.3 is 14.6 Å². The molecule has 3 fully saturated rings. The van der Waals surface area contributed by atoms with E-state index in [1.807, 2.05) is 0 Å². The third-order valence-corrected chi connectivity index (χ3v) is 4.36. The number of aliphatic hydroxyl groups excluding tert-OH is 1. The van der Waals surface area contributed by atoms with Gasteiger partial charge in [-0.2, -0.15) is 0 Å². The Labute approximate surface area is 78.0 Å². The van der Waals surface area contributed by atoms with Crippen molar-refractivity contribution < 1.29 is 14.6 Å². The molecule has 6 unspecified atom stereocenters. The maximum atomic E-state index is 9.91. The van der Waals surface area contributed by atoms with Crippen molar-refractivity contribution in [3.63, 3.8) is 0 Å². The molecule has 2 aliphatic carbocycles. The van der Waals surface area contributed by atoms with Crippen molar-refractivity contribution >= 4 is 0 Å². The van der Waals surface area contributed by atoms with Gasteiger partial charge in [0.2, 0.25) is 0 Å². The fraction of sp³-hybridized carbons (Fsp3) is 1.00. The van der Waals surface area contributed by atoms with Crippen LogP contribution in [0.15, 0.2) is 0 Å². The number of methoxy groups -OCH3 is 1. The van der Waals surface area contributed by atoms with Crippen LogP contribution in [0.3, 0.4) is 0 Å². The summed E-state index contributed by atoms with van der Waals surface area (Å²) in [6.45, 7) is 2.22. The zero-order valence-electron chi connectivity index (χ0n) is 8.01. The van der Waals surface area contributed by atoms with Crippen molar-refractivity contribution in [3.8, 4) is 0 Å².